The number of alkyl halides is 5. The monoisotopic (exact) mass is 471 g/mol. The fourth-order valence-corrected chi connectivity index (χ4v) is 3.66. The highest BCUT2D eigenvalue weighted by Crippen LogP contribution is 2.36. The van der Waals surface area contributed by atoms with E-state index in [1.807, 2.05) is 6.92 Å². The van der Waals surface area contributed by atoms with Crippen LogP contribution in [0.3, 0.4) is 0 Å². The molecule has 0 saturated heterocycles. The van der Waals surface area contributed by atoms with Crippen LogP contribution in [0.2, 0.25) is 0 Å². The summed E-state index contributed by atoms with van der Waals surface area (Å²) in [5, 5.41) is 12.5. The number of ether oxygens (including phenoxy) is 1. The van der Waals surface area contributed by atoms with Crippen LogP contribution in [-0.2, 0) is 9.73 Å². The van der Waals surface area contributed by atoms with Crippen LogP contribution in [0.5, 0.6) is 5.75 Å². The topological polar surface area (TPSA) is 78.5 Å². The Hall–Kier alpha value is -2.15. The van der Waals surface area contributed by atoms with Crippen molar-refractivity contribution in [1.29, 1.82) is 0 Å². The Bertz CT molecular complexity index is 1010. The van der Waals surface area contributed by atoms with Gasteiger partial charge in [0.2, 0.25) is 6.20 Å². The summed E-state index contributed by atoms with van der Waals surface area (Å²) >= 11 is 1.30. The first kappa shape index (κ1) is 24.1. The van der Waals surface area contributed by atoms with Gasteiger partial charge >= 0.3 is 12.1 Å². The van der Waals surface area contributed by atoms with E-state index in [4.69, 9.17) is 0 Å². The van der Waals surface area contributed by atoms with Crippen LogP contribution >= 0.6 is 11.8 Å². The second-order valence-electron chi connectivity index (χ2n) is 6.31. The van der Waals surface area contributed by atoms with Gasteiger partial charge in [0.15, 0.2) is 6.61 Å². The van der Waals surface area contributed by atoms with Crippen molar-refractivity contribution >= 4 is 27.2 Å². The third-order valence-electron chi connectivity index (χ3n) is 3.42. The lowest BCUT2D eigenvalue weighted by Crippen LogP contribution is -2.41. The molecule has 2 rings (SSSR count). The van der Waals surface area contributed by atoms with Crippen molar-refractivity contribution in [3.05, 3.63) is 35.8 Å². The lowest BCUT2D eigenvalue weighted by atomic mass is 10.2. The molecule has 0 aromatic carbocycles. The highest BCUT2D eigenvalue weighted by Gasteiger charge is 2.58. The third-order valence-corrected chi connectivity index (χ3v) is 4.98. The number of thioether (sulfide) groups is 1. The normalized spacial score (nSPS) is 12.7. The number of hydrogen-bond donors (Lipinski definition) is 0. The summed E-state index contributed by atoms with van der Waals surface area (Å²) in [5.41, 5.74) is 0.497. The molecule has 0 radical (unpaired) electrons. The molecule has 0 saturated carbocycles. The molecule has 0 fully saturated rings. The molecule has 0 amide bonds. The number of halogens is 5. The van der Waals surface area contributed by atoms with Crippen molar-refractivity contribution in [1.82, 2.24) is 4.98 Å². The molecule has 6 nitrogen and oxygen atoms in total. The van der Waals surface area contributed by atoms with Crippen molar-refractivity contribution in [3.63, 3.8) is 0 Å². The molecule has 13 heteroatoms. The summed E-state index contributed by atoms with van der Waals surface area (Å²) in [7, 11) is -2.50. The average molecular weight is 471 g/mol. The summed E-state index contributed by atoms with van der Waals surface area (Å²) in [6.07, 6.45) is -0.812. The number of rotatable bonds is 7. The van der Waals surface area contributed by atoms with E-state index in [0.29, 0.717) is 15.4 Å². The molecule has 0 spiro atoms. The maximum absolute atomic E-state index is 13.0. The molecule has 0 N–H and O–H groups in total. The molecule has 2 aromatic heterocycles. The minimum atomic E-state index is -5.73. The number of hydrogen-bond acceptors (Lipinski definition) is 6. The van der Waals surface area contributed by atoms with Crippen molar-refractivity contribution in [3.8, 4) is 17.1 Å². The summed E-state index contributed by atoms with van der Waals surface area (Å²) in [5.74, 6) is -4.73. The van der Waals surface area contributed by atoms with E-state index in [-0.39, 0.29) is 22.8 Å². The summed E-state index contributed by atoms with van der Waals surface area (Å²) in [6.45, 7) is -0.0408. The molecule has 0 atom stereocenters. The lowest BCUT2D eigenvalue weighted by Gasteiger charge is -2.19. The largest absolute Gasteiger partial charge is 0.618 e. The van der Waals surface area contributed by atoms with Gasteiger partial charge in [-0.25, -0.2) is 9.19 Å². The van der Waals surface area contributed by atoms with Crippen molar-refractivity contribution in [2.24, 2.45) is 4.36 Å². The Kier molecular flexibility index (Phi) is 7.17. The van der Waals surface area contributed by atoms with Crippen molar-refractivity contribution in [2.75, 3.05) is 24.9 Å². The highest BCUT2D eigenvalue weighted by molar-refractivity contribution is 7.99. The smallest absolute Gasteiger partial charge is 0.456 e. The molecular formula is C17H18F5N3O3S2. The Morgan fingerprint density at radius 3 is 2.43 bits per heavy atom. The van der Waals surface area contributed by atoms with Crippen LogP contribution < -0.4 is 9.47 Å². The zero-order chi connectivity index (χ0) is 22.7. The molecule has 0 unspecified atom stereocenters. The molecule has 30 heavy (non-hydrogen) atoms. The van der Waals surface area contributed by atoms with E-state index in [2.05, 4.69) is 14.1 Å². The van der Waals surface area contributed by atoms with Gasteiger partial charge < -0.3 is 9.94 Å². The molecule has 0 aliphatic carbocycles. The second kappa shape index (κ2) is 8.92. The standard InChI is InChI=1S/C17H18F5N3O3S2/c1-4-29-14-7-11(24-30(2,3)27)9-25(26)15(14)13-6-5-12(8-23-13)28-10-16(18,19)17(20,21)22/h5-9H,4,10H2,1-3H3. The SMILES string of the molecule is CCSc1cc(N=S(C)(C)=O)c[n+]([O-])c1-c1ccc(OCC(F)(F)C(F)(F)F)cn1. The van der Waals surface area contributed by atoms with Crippen LogP contribution in [0.4, 0.5) is 27.6 Å². The van der Waals surface area contributed by atoms with Crippen LogP contribution in [0.25, 0.3) is 11.4 Å². The molecule has 2 aromatic rings. The molecule has 166 valence electrons. The Labute approximate surface area is 174 Å². The molecule has 0 aliphatic heterocycles. The fourth-order valence-electron chi connectivity index (χ4n) is 2.20. The van der Waals surface area contributed by atoms with Crippen LogP contribution in [-0.4, -0.2) is 46.2 Å². The molecule has 0 aliphatic rings. The minimum Gasteiger partial charge on any atom is -0.618 e. The van der Waals surface area contributed by atoms with Gasteiger partial charge in [-0.2, -0.15) is 31.0 Å². The Balaban J connectivity index is 2.34. The zero-order valence-electron chi connectivity index (χ0n) is 16.1. The quantitative estimate of drug-likeness (QED) is 0.258. The van der Waals surface area contributed by atoms with Gasteiger partial charge in [0.05, 0.1) is 11.1 Å². The molecular weight excluding hydrogens is 453 g/mol. The van der Waals surface area contributed by atoms with Gasteiger partial charge in [0.25, 0.3) is 5.69 Å². The molecule has 2 heterocycles. The summed E-state index contributed by atoms with van der Waals surface area (Å²) in [4.78, 5) is 4.44. The van der Waals surface area contributed by atoms with Crippen molar-refractivity contribution < 1.29 is 35.6 Å². The molecule has 0 bridgehead atoms. The Morgan fingerprint density at radius 1 is 1.27 bits per heavy atom. The maximum atomic E-state index is 13.0. The fraction of sp³-hybridized carbons (Fsp3) is 0.412. The van der Waals surface area contributed by atoms with Crippen molar-refractivity contribution in [2.45, 2.75) is 23.9 Å². The van der Waals surface area contributed by atoms with Crippen LogP contribution in [0.15, 0.2) is 39.9 Å². The van der Waals surface area contributed by atoms with E-state index in [9.17, 15) is 31.4 Å². The first-order valence-electron chi connectivity index (χ1n) is 8.34. The predicted octanol–water partition coefficient (Wildman–Crippen LogP) is 4.43. The van der Waals surface area contributed by atoms with E-state index < -0.39 is 28.4 Å². The van der Waals surface area contributed by atoms with Gasteiger partial charge in [0.1, 0.15) is 17.1 Å². The summed E-state index contributed by atoms with van der Waals surface area (Å²) < 4.78 is 83.4. The average Bonchev–Trinajstić information content (AvgIpc) is 2.58. The van der Waals surface area contributed by atoms with Gasteiger partial charge in [0, 0.05) is 22.2 Å². The number of nitrogens with zero attached hydrogens (tertiary/aromatic N) is 3. The van der Waals surface area contributed by atoms with Crippen LogP contribution in [0, 0.1) is 5.21 Å². The van der Waals surface area contributed by atoms with Gasteiger partial charge in [-0.05, 0) is 24.0 Å². The first-order valence-corrected chi connectivity index (χ1v) is 11.7. The van der Waals surface area contributed by atoms with E-state index in [1.165, 1.54) is 30.3 Å². The zero-order valence-corrected chi connectivity index (χ0v) is 17.7. The highest BCUT2D eigenvalue weighted by atomic mass is 32.2. The second-order valence-corrected chi connectivity index (χ2v) is 10.2. The van der Waals surface area contributed by atoms with Gasteiger partial charge in [-0.3, -0.25) is 0 Å². The third kappa shape index (κ3) is 6.17. The van der Waals surface area contributed by atoms with E-state index in [1.54, 1.807) is 6.07 Å². The number of aromatic nitrogens is 2. The van der Waals surface area contributed by atoms with Gasteiger partial charge in [-0.1, -0.05) is 6.92 Å². The predicted molar refractivity (Wildman–Crippen MR) is 104 cm³/mol. The minimum absolute atomic E-state index is 0.131. The lowest BCUT2D eigenvalue weighted by molar-refractivity contribution is -0.595. The summed E-state index contributed by atoms with van der Waals surface area (Å²) in [6, 6.07) is 3.98. The van der Waals surface area contributed by atoms with E-state index in [0.717, 1.165) is 18.5 Å². The van der Waals surface area contributed by atoms with Crippen LogP contribution in [0.1, 0.15) is 6.92 Å². The Morgan fingerprint density at radius 2 is 1.93 bits per heavy atom. The van der Waals surface area contributed by atoms with E-state index >= 15 is 0 Å². The maximum Gasteiger partial charge on any atom is 0.456 e. The van der Waals surface area contributed by atoms with Gasteiger partial charge in [-0.15, -0.1) is 11.8 Å². The first-order chi connectivity index (χ1) is 13.7. The number of pyridine rings is 2.